The maximum Gasteiger partial charge on any atom is 0.185 e. The molecule has 0 atom stereocenters. The van der Waals surface area contributed by atoms with E-state index in [2.05, 4.69) is 23.3 Å². The molecule has 0 bridgehead atoms. The molecule has 3 heteroatoms. The predicted octanol–water partition coefficient (Wildman–Crippen LogP) is 3.60. The van der Waals surface area contributed by atoms with Crippen LogP contribution in [0.2, 0.25) is 0 Å². The first-order chi connectivity index (χ1) is 10.3. The zero-order valence-corrected chi connectivity index (χ0v) is 12.0. The standard InChI is InChI=1S/C18H18N2O/c21-18(15-7-5-14(6-8-15)13-3-4-13)10-9-16-12-17-2-1-11-20(17)19-16/h5-10,12-13H,1-4,11H2/b10-9+. The Bertz CT molecular complexity index is 684. The van der Waals surface area contributed by atoms with Crippen molar-refractivity contribution < 1.29 is 4.79 Å². The molecule has 0 unspecified atom stereocenters. The Morgan fingerprint density at radius 1 is 1.24 bits per heavy atom. The monoisotopic (exact) mass is 278 g/mol. The maximum absolute atomic E-state index is 12.2. The van der Waals surface area contributed by atoms with E-state index in [0.717, 1.165) is 30.1 Å². The predicted molar refractivity (Wildman–Crippen MR) is 82.3 cm³/mol. The van der Waals surface area contributed by atoms with E-state index in [-0.39, 0.29) is 5.78 Å². The fraction of sp³-hybridized carbons (Fsp3) is 0.333. The van der Waals surface area contributed by atoms with E-state index in [1.54, 1.807) is 6.08 Å². The largest absolute Gasteiger partial charge is 0.289 e. The smallest absolute Gasteiger partial charge is 0.185 e. The number of hydrogen-bond donors (Lipinski definition) is 0. The van der Waals surface area contributed by atoms with Crippen molar-refractivity contribution in [1.82, 2.24) is 9.78 Å². The SMILES string of the molecule is O=C(/C=C/c1cc2n(n1)CCC2)c1ccc(C2CC2)cc1. The lowest BCUT2D eigenvalue weighted by molar-refractivity contribution is 0.104. The van der Waals surface area contributed by atoms with Crippen LogP contribution < -0.4 is 0 Å². The van der Waals surface area contributed by atoms with Gasteiger partial charge in [-0.25, -0.2) is 0 Å². The van der Waals surface area contributed by atoms with Gasteiger partial charge in [-0.05, 0) is 55.4 Å². The topological polar surface area (TPSA) is 34.9 Å². The van der Waals surface area contributed by atoms with Gasteiger partial charge in [0.05, 0.1) is 5.69 Å². The fourth-order valence-electron chi connectivity index (χ4n) is 2.96. The number of hydrogen-bond acceptors (Lipinski definition) is 2. The van der Waals surface area contributed by atoms with Crippen molar-refractivity contribution in [1.29, 1.82) is 0 Å². The second-order valence-corrected chi connectivity index (χ2v) is 5.98. The summed E-state index contributed by atoms with van der Waals surface area (Å²) in [6.07, 6.45) is 8.30. The van der Waals surface area contributed by atoms with Gasteiger partial charge in [0.1, 0.15) is 0 Å². The molecule has 2 aromatic rings. The zero-order valence-electron chi connectivity index (χ0n) is 12.0. The lowest BCUT2D eigenvalue weighted by Crippen LogP contribution is -1.95. The summed E-state index contributed by atoms with van der Waals surface area (Å²) >= 11 is 0. The van der Waals surface area contributed by atoms with Crippen LogP contribution >= 0.6 is 0 Å². The van der Waals surface area contributed by atoms with E-state index in [9.17, 15) is 4.79 Å². The Labute approximate surface area is 124 Å². The van der Waals surface area contributed by atoms with Crippen LogP contribution in [0, 0.1) is 0 Å². The normalized spacial score (nSPS) is 17.3. The summed E-state index contributed by atoms with van der Waals surface area (Å²) in [6, 6.07) is 10.1. The molecule has 1 fully saturated rings. The molecule has 1 saturated carbocycles. The summed E-state index contributed by atoms with van der Waals surface area (Å²) in [5.74, 6) is 0.781. The summed E-state index contributed by atoms with van der Waals surface area (Å²) < 4.78 is 2.04. The number of fused-ring (bicyclic) bond motifs is 1. The molecule has 1 aliphatic carbocycles. The number of nitrogens with zero attached hydrogens (tertiary/aromatic N) is 2. The molecule has 106 valence electrons. The van der Waals surface area contributed by atoms with Crippen molar-refractivity contribution in [3.8, 4) is 0 Å². The van der Waals surface area contributed by atoms with E-state index in [1.807, 2.05) is 22.9 Å². The number of allylic oxidation sites excluding steroid dienone is 1. The third-order valence-corrected chi connectivity index (χ3v) is 4.33. The molecular weight excluding hydrogens is 260 g/mol. The van der Waals surface area contributed by atoms with Crippen LogP contribution in [0.4, 0.5) is 0 Å². The molecule has 21 heavy (non-hydrogen) atoms. The van der Waals surface area contributed by atoms with E-state index in [4.69, 9.17) is 0 Å². The van der Waals surface area contributed by atoms with Gasteiger partial charge in [-0.2, -0.15) is 5.10 Å². The average molecular weight is 278 g/mol. The van der Waals surface area contributed by atoms with Gasteiger partial charge in [0.15, 0.2) is 5.78 Å². The average Bonchev–Trinajstić information content (AvgIpc) is 3.14. The Balaban J connectivity index is 1.47. The van der Waals surface area contributed by atoms with E-state index in [0.29, 0.717) is 0 Å². The molecule has 1 aliphatic heterocycles. The Kier molecular flexibility index (Phi) is 2.99. The summed E-state index contributed by atoms with van der Waals surface area (Å²) in [5.41, 5.74) is 4.27. The minimum absolute atomic E-state index is 0.0468. The summed E-state index contributed by atoms with van der Waals surface area (Å²) in [4.78, 5) is 12.2. The lowest BCUT2D eigenvalue weighted by atomic mass is 10.1. The van der Waals surface area contributed by atoms with Crippen LogP contribution in [-0.4, -0.2) is 15.6 Å². The quantitative estimate of drug-likeness (QED) is 0.632. The van der Waals surface area contributed by atoms with Crippen molar-refractivity contribution >= 4 is 11.9 Å². The summed E-state index contributed by atoms with van der Waals surface area (Å²) in [5, 5.41) is 4.48. The third-order valence-electron chi connectivity index (χ3n) is 4.33. The molecule has 0 amide bonds. The van der Waals surface area contributed by atoms with E-state index in [1.165, 1.54) is 30.5 Å². The molecule has 0 radical (unpaired) electrons. The molecule has 0 N–H and O–H groups in total. The number of carbonyl (C=O) groups excluding carboxylic acids is 1. The van der Waals surface area contributed by atoms with Crippen molar-refractivity contribution in [3.05, 3.63) is 58.9 Å². The highest BCUT2D eigenvalue weighted by molar-refractivity contribution is 6.06. The first-order valence-corrected chi connectivity index (χ1v) is 7.69. The molecule has 1 aromatic carbocycles. The van der Waals surface area contributed by atoms with Gasteiger partial charge in [0.25, 0.3) is 0 Å². The first kappa shape index (κ1) is 12.6. The van der Waals surface area contributed by atoms with Crippen LogP contribution in [0.5, 0.6) is 0 Å². The molecule has 2 heterocycles. The Morgan fingerprint density at radius 3 is 2.76 bits per heavy atom. The fourth-order valence-corrected chi connectivity index (χ4v) is 2.96. The van der Waals surface area contributed by atoms with Gasteiger partial charge >= 0.3 is 0 Å². The Hall–Kier alpha value is -2.16. The number of carbonyl (C=O) groups is 1. The van der Waals surface area contributed by atoms with Gasteiger partial charge in [0.2, 0.25) is 0 Å². The van der Waals surface area contributed by atoms with E-state index >= 15 is 0 Å². The van der Waals surface area contributed by atoms with Crippen LogP contribution in [-0.2, 0) is 13.0 Å². The second kappa shape index (κ2) is 4.99. The molecule has 2 aliphatic rings. The lowest BCUT2D eigenvalue weighted by Gasteiger charge is -1.99. The maximum atomic E-state index is 12.2. The number of benzene rings is 1. The second-order valence-electron chi connectivity index (χ2n) is 5.98. The first-order valence-electron chi connectivity index (χ1n) is 7.69. The third kappa shape index (κ3) is 2.56. The molecule has 4 rings (SSSR count). The van der Waals surface area contributed by atoms with Gasteiger partial charge in [-0.15, -0.1) is 0 Å². The highest BCUT2D eigenvalue weighted by atomic mass is 16.1. The van der Waals surface area contributed by atoms with E-state index < -0.39 is 0 Å². The van der Waals surface area contributed by atoms with Crippen molar-refractivity contribution in [3.63, 3.8) is 0 Å². The molecule has 3 nitrogen and oxygen atoms in total. The van der Waals surface area contributed by atoms with Gasteiger partial charge in [-0.1, -0.05) is 24.3 Å². The summed E-state index contributed by atoms with van der Waals surface area (Å²) in [7, 11) is 0. The van der Waals surface area contributed by atoms with Crippen molar-refractivity contribution in [2.45, 2.75) is 38.1 Å². The zero-order chi connectivity index (χ0) is 14.2. The van der Waals surface area contributed by atoms with Crippen LogP contribution in [0.1, 0.15) is 52.5 Å². The summed E-state index contributed by atoms with van der Waals surface area (Å²) in [6.45, 7) is 1.000. The molecule has 0 spiro atoms. The van der Waals surface area contributed by atoms with Gasteiger partial charge in [-0.3, -0.25) is 9.48 Å². The Morgan fingerprint density at radius 2 is 2.05 bits per heavy atom. The number of aryl methyl sites for hydroxylation is 2. The van der Waals surface area contributed by atoms with Gasteiger partial charge < -0.3 is 0 Å². The van der Waals surface area contributed by atoms with Gasteiger partial charge in [0, 0.05) is 17.8 Å². The van der Waals surface area contributed by atoms with Crippen LogP contribution in [0.15, 0.2) is 36.4 Å². The van der Waals surface area contributed by atoms with Crippen LogP contribution in [0.3, 0.4) is 0 Å². The highest BCUT2D eigenvalue weighted by Gasteiger charge is 2.23. The molecule has 1 aromatic heterocycles. The minimum Gasteiger partial charge on any atom is -0.289 e. The number of ketones is 1. The highest BCUT2D eigenvalue weighted by Crippen LogP contribution is 2.39. The molecule has 0 saturated heterocycles. The van der Waals surface area contributed by atoms with Crippen LogP contribution in [0.25, 0.3) is 6.08 Å². The van der Waals surface area contributed by atoms with Crippen molar-refractivity contribution in [2.24, 2.45) is 0 Å². The number of aromatic nitrogens is 2. The minimum atomic E-state index is 0.0468. The molecular formula is C18H18N2O. The number of rotatable bonds is 4. The van der Waals surface area contributed by atoms with Crippen molar-refractivity contribution in [2.75, 3.05) is 0 Å².